The molecule has 23 heavy (non-hydrogen) atoms. The minimum atomic E-state index is 0.516. The molecular weight excluding hydrogens is 380 g/mol. The quantitative estimate of drug-likeness (QED) is 0.429. The maximum absolute atomic E-state index is 5.31. The SMILES string of the molecule is COc1ccc(/C=N/NC(=S)NCCN2CCOCC2)cc1Br. The number of hydrazone groups is 1. The number of rotatable bonds is 6. The number of nitrogens with one attached hydrogen (secondary N) is 2. The van der Waals surface area contributed by atoms with E-state index in [0.717, 1.165) is 55.2 Å². The average Bonchev–Trinajstić information content (AvgIpc) is 2.56. The number of hydrogen-bond donors (Lipinski definition) is 2. The zero-order valence-electron chi connectivity index (χ0n) is 13.0. The Bertz CT molecular complexity index is 550. The van der Waals surface area contributed by atoms with Gasteiger partial charge < -0.3 is 14.8 Å². The van der Waals surface area contributed by atoms with E-state index in [1.165, 1.54) is 0 Å². The van der Waals surface area contributed by atoms with Crippen LogP contribution in [0.5, 0.6) is 5.75 Å². The van der Waals surface area contributed by atoms with Gasteiger partial charge >= 0.3 is 0 Å². The van der Waals surface area contributed by atoms with E-state index in [9.17, 15) is 0 Å². The molecule has 1 aliphatic rings. The van der Waals surface area contributed by atoms with Crippen molar-refractivity contribution in [3.8, 4) is 5.75 Å². The van der Waals surface area contributed by atoms with E-state index < -0.39 is 0 Å². The second kappa shape index (κ2) is 9.82. The zero-order valence-corrected chi connectivity index (χ0v) is 15.5. The van der Waals surface area contributed by atoms with Crippen LogP contribution in [0.3, 0.4) is 0 Å². The third-order valence-electron chi connectivity index (χ3n) is 3.37. The normalized spacial score (nSPS) is 15.6. The number of nitrogens with zero attached hydrogens (tertiary/aromatic N) is 2. The molecular formula is C15H21BrN4O2S. The Morgan fingerprint density at radius 2 is 2.26 bits per heavy atom. The Balaban J connectivity index is 1.68. The highest BCUT2D eigenvalue weighted by molar-refractivity contribution is 9.10. The third-order valence-corrected chi connectivity index (χ3v) is 4.23. The molecule has 0 atom stereocenters. The number of hydrogen-bond acceptors (Lipinski definition) is 5. The molecule has 1 fully saturated rings. The molecule has 0 amide bonds. The number of halogens is 1. The maximum Gasteiger partial charge on any atom is 0.187 e. The average molecular weight is 401 g/mol. The summed E-state index contributed by atoms with van der Waals surface area (Å²) in [5, 5.41) is 7.79. The first-order valence-corrected chi connectivity index (χ1v) is 8.59. The molecule has 1 heterocycles. The van der Waals surface area contributed by atoms with Gasteiger partial charge in [-0.25, -0.2) is 0 Å². The highest BCUT2D eigenvalue weighted by Gasteiger charge is 2.09. The first kappa shape index (κ1) is 18.1. The van der Waals surface area contributed by atoms with Gasteiger partial charge in [-0.1, -0.05) is 0 Å². The molecule has 1 aliphatic heterocycles. The molecule has 0 bridgehead atoms. The van der Waals surface area contributed by atoms with Crippen molar-refractivity contribution in [2.45, 2.75) is 0 Å². The number of ether oxygens (including phenoxy) is 2. The van der Waals surface area contributed by atoms with Crippen LogP contribution >= 0.6 is 28.1 Å². The Hall–Kier alpha value is -1.22. The van der Waals surface area contributed by atoms with Crippen LogP contribution < -0.4 is 15.5 Å². The fraction of sp³-hybridized carbons (Fsp3) is 0.467. The van der Waals surface area contributed by atoms with Gasteiger partial charge in [-0.3, -0.25) is 10.3 Å². The second-order valence-electron chi connectivity index (χ2n) is 4.97. The summed E-state index contributed by atoms with van der Waals surface area (Å²) in [4.78, 5) is 2.34. The van der Waals surface area contributed by atoms with Gasteiger partial charge in [0.2, 0.25) is 0 Å². The first-order chi connectivity index (χ1) is 11.2. The number of thiocarbonyl (C=S) groups is 1. The van der Waals surface area contributed by atoms with Gasteiger partial charge in [0, 0.05) is 26.2 Å². The molecule has 0 spiro atoms. The van der Waals surface area contributed by atoms with Crippen molar-refractivity contribution in [3.63, 3.8) is 0 Å². The molecule has 0 radical (unpaired) electrons. The summed E-state index contributed by atoms with van der Waals surface area (Å²) in [6.07, 6.45) is 1.71. The van der Waals surface area contributed by atoms with Gasteiger partial charge in [0.05, 0.1) is 31.0 Å². The lowest BCUT2D eigenvalue weighted by Gasteiger charge is -2.26. The summed E-state index contributed by atoms with van der Waals surface area (Å²) in [6, 6.07) is 5.73. The molecule has 2 rings (SSSR count). The standard InChI is InChI=1S/C15H21BrN4O2S/c1-21-14-3-2-12(10-13(14)16)11-18-19-15(23)17-4-5-20-6-8-22-9-7-20/h2-3,10-11H,4-9H2,1H3,(H2,17,19,23)/b18-11+. The van der Waals surface area contributed by atoms with E-state index in [4.69, 9.17) is 21.7 Å². The predicted octanol–water partition coefficient (Wildman–Crippen LogP) is 1.59. The molecule has 1 saturated heterocycles. The molecule has 0 saturated carbocycles. The van der Waals surface area contributed by atoms with E-state index >= 15 is 0 Å². The maximum atomic E-state index is 5.31. The lowest BCUT2D eigenvalue weighted by Crippen LogP contribution is -2.42. The second-order valence-corrected chi connectivity index (χ2v) is 6.24. The van der Waals surface area contributed by atoms with Crippen molar-refractivity contribution in [1.82, 2.24) is 15.6 Å². The molecule has 8 heteroatoms. The Labute approximate surface area is 150 Å². The van der Waals surface area contributed by atoms with Crippen LogP contribution in [0, 0.1) is 0 Å². The summed E-state index contributed by atoms with van der Waals surface area (Å²) < 4.78 is 11.4. The van der Waals surface area contributed by atoms with Crippen LogP contribution in [0.15, 0.2) is 27.8 Å². The van der Waals surface area contributed by atoms with E-state index in [2.05, 4.69) is 36.7 Å². The van der Waals surface area contributed by atoms with Crippen LogP contribution in [-0.4, -0.2) is 62.7 Å². The molecule has 0 aromatic heterocycles. The topological polar surface area (TPSA) is 58.1 Å². The Morgan fingerprint density at radius 1 is 1.48 bits per heavy atom. The van der Waals surface area contributed by atoms with Gasteiger partial charge in [-0.05, 0) is 51.9 Å². The lowest BCUT2D eigenvalue weighted by molar-refractivity contribution is 0.0389. The van der Waals surface area contributed by atoms with E-state index in [-0.39, 0.29) is 0 Å². The van der Waals surface area contributed by atoms with Crippen molar-refractivity contribution in [2.24, 2.45) is 5.10 Å². The van der Waals surface area contributed by atoms with Crippen LogP contribution in [-0.2, 0) is 4.74 Å². The summed E-state index contributed by atoms with van der Waals surface area (Å²) >= 11 is 8.63. The van der Waals surface area contributed by atoms with Crippen molar-refractivity contribution < 1.29 is 9.47 Å². The number of morpholine rings is 1. The van der Waals surface area contributed by atoms with E-state index in [0.29, 0.717) is 5.11 Å². The molecule has 1 aromatic carbocycles. The fourth-order valence-corrected chi connectivity index (χ4v) is 2.83. The number of benzene rings is 1. The first-order valence-electron chi connectivity index (χ1n) is 7.39. The van der Waals surface area contributed by atoms with Crippen molar-refractivity contribution in [2.75, 3.05) is 46.5 Å². The molecule has 2 N–H and O–H groups in total. The fourth-order valence-electron chi connectivity index (χ4n) is 2.12. The van der Waals surface area contributed by atoms with Crippen LogP contribution in [0.1, 0.15) is 5.56 Å². The Morgan fingerprint density at radius 3 is 2.96 bits per heavy atom. The zero-order chi connectivity index (χ0) is 16.5. The predicted molar refractivity (Wildman–Crippen MR) is 99.3 cm³/mol. The summed E-state index contributed by atoms with van der Waals surface area (Å²) in [5.74, 6) is 0.787. The molecule has 0 unspecified atom stereocenters. The molecule has 1 aromatic rings. The molecule has 6 nitrogen and oxygen atoms in total. The van der Waals surface area contributed by atoms with Gasteiger partial charge in [0.25, 0.3) is 0 Å². The minimum Gasteiger partial charge on any atom is -0.496 e. The highest BCUT2D eigenvalue weighted by atomic mass is 79.9. The molecule has 126 valence electrons. The molecule has 0 aliphatic carbocycles. The van der Waals surface area contributed by atoms with E-state index in [1.54, 1.807) is 13.3 Å². The van der Waals surface area contributed by atoms with Gasteiger partial charge in [0.15, 0.2) is 5.11 Å². The van der Waals surface area contributed by atoms with Gasteiger partial charge in [-0.2, -0.15) is 5.10 Å². The van der Waals surface area contributed by atoms with Crippen LogP contribution in [0.2, 0.25) is 0 Å². The summed E-state index contributed by atoms with van der Waals surface area (Å²) in [7, 11) is 1.64. The van der Waals surface area contributed by atoms with Gasteiger partial charge in [0.1, 0.15) is 5.75 Å². The van der Waals surface area contributed by atoms with Crippen molar-refractivity contribution in [1.29, 1.82) is 0 Å². The monoisotopic (exact) mass is 400 g/mol. The Kier molecular flexibility index (Phi) is 7.73. The summed E-state index contributed by atoms with van der Waals surface area (Å²) in [5.41, 5.74) is 3.76. The van der Waals surface area contributed by atoms with Crippen LogP contribution in [0.4, 0.5) is 0 Å². The van der Waals surface area contributed by atoms with Crippen molar-refractivity contribution >= 4 is 39.5 Å². The highest BCUT2D eigenvalue weighted by Crippen LogP contribution is 2.24. The largest absolute Gasteiger partial charge is 0.496 e. The summed E-state index contributed by atoms with van der Waals surface area (Å²) in [6.45, 7) is 5.31. The third kappa shape index (κ3) is 6.42. The minimum absolute atomic E-state index is 0.516. The number of methoxy groups -OCH3 is 1. The smallest absolute Gasteiger partial charge is 0.187 e. The van der Waals surface area contributed by atoms with Crippen molar-refractivity contribution in [3.05, 3.63) is 28.2 Å². The van der Waals surface area contributed by atoms with Crippen LogP contribution in [0.25, 0.3) is 0 Å². The van der Waals surface area contributed by atoms with E-state index in [1.807, 2.05) is 18.2 Å². The van der Waals surface area contributed by atoms with Gasteiger partial charge in [-0.15, -0.1) is 0 Å². The lowest BCUT2D eigenvalue weighted by atomic mass is 10.2.